The summed E-state index contributed by atoms with van der Waals surface area (Å²) in [7, 11) is 0. The molecule has 0 atom stereocenters. The fourth-order valence-corrected chi connectivity index (χ4v) is 1.99. The summed E-state index contributed by atoms with van der Waals surface area (Å²) in [6.45, 7) is 7.56. The lowest BCUT2D eigenvalue weighted by atomic mass is 10.1. The van der Waals surface area contributed by atoms with Crippen molar-refractivity contribution < 1.29 is 9.90 Å². The molecule has 1 aromatic carbocycles. The highest BCUT2D eigenvalue weighted by molar-refractivity contribution is 5.95. The van der Waals surface area contributed by atoms with E-state index in [0.717, 1.165) is 31.5 Å². The van der Waals surface area contributed by atoms with Gasteiger partial charge in [-0.05, 0) is 43.5 Å². The number of carbonyl (C=O) groups is 1. The molecule has 1 N–H and O–H groups in total. The van der Waals surface area contributed by atoms with Crippen molar-refractivity contribution in [3.63, 3.8) is 0 Å². The van der Waals surface area contributed by atoms with Crippen LogP contribution in [0.4, 0.5) is 0 Å². The Morgan fingerprint density at radius 2 is 1.76 bits per heavy atom. The first-order valence-electron chi connectivity index (χ1n) is 6.27. The molecule has 0 bridgehead atoms. The standard InChI is InChI=1S/C12H15NO2.C2H6/c1-9-6-10(8-11(14)7-9)12(15)13-4-2-3-5-13;1-2/h6-8,14H,2-5H2,1H3;1-2H3. The number of hydrogen-bond donors (Lipinski definition) is 1. The molecule has 0 saturated carbocycles. The second-order valence-corrected chi connectivity index (χ2v) is 4.06. The van der Waals surface area contributed by atoms with Gasteiger partial charge in [0.05, 0.1) is 0 Å². The molecule has 0 aromatic heterocycles. The second-order valence-electron chi connectivity index (χ2n) is 4.06. The molecule has 3 nitrogen and oxygen atoms in total. The lowest BCUT2D eigenvalue weighted by Gasteiger charge is -2.15. The van der Waals surface area contributed by atoms with Gasteiger partial charge < -0.3 is 10.0 Å². The van der Waals surface area contributed by atoms with Crippen molar-refractivity contribution in [1.82, 2.24) is 4.90 Å². The first-order valence-corrected chi connectivity index (χ1v) is 6.27. The molecule has 1 amide bonds. The number of rotatable bonds is 1. The SMILES string of the molecule is CC.Cc1cc(O)cc(C(=O)N2CCCC2)c1. The van der Waals surface area contributed by atoms with E-state index in [2.05, 4.69) is 0 Å². The van der Waals surface area contributed by atoms with Crippen LogP contribution in [0.1, 0.15) is 42.6 Å². The Bertz CT molecular complexity index is 362. The zero-order valence-corrected chi connectivity index (χ0v) is 10.9. The van der Waals surface area contributed by atoms with E-state index in [4.69, 9.17) is 0 Å². The van der Waals surface area contributed by atoms with Crippen LogP contribution >= 0.6 is 0 Å². The van der Waals surface area contributed by atoms with Crippen LogP contribution in [0, 0.1) is 6.92 Å². The minimum Gasteiger partial charge on any atom is -0.508 e. The van der Waals surface area contributed by atoms with Crippen LogP contribution in [0.15, 0.2) is 18.2 Å². The quantitative estimate of drug-likeness (QED) is 0.813. The van der Waals surface area contributed by atoms with Crippen LogP contribution < -0.4 is 0 Å². The molecule has 2 rings (SSSR count). The van der Waals surface area contributed by atoms with E-state index in [1.54, 1.807) is 6.07 Å². The lowest BCUT2D eigenvalue weighted by Crippen LogP contribution is -2.27. The Morgan fingerprint density at radius 3 is 2.29 bits per heavy atom. The van der Waals surface area contributed by atoms with E-state index < -0.39 is 0 Å². The summed E-state index contributed by atoms with van der Waals surface area (Å²) >= 11 is 0. The third-order valence-electron chi connectivity index (χ3n) is 2.70. The summed E-state index contributed by atoms with van der Waals surface area (Å²) in [5.41, 5.74) is 1.51. The van der Waals surface area contributed by atoms with Crippen molar-refractivity contribution in [3.8, 4) is 5.75 Å². The van der Waals surface area contributed by atoms with Crippen molar-refractivity contribution in [3.05, 3.63) is 29.3 Å². The van der Waals surface area contributed by atoms with Crippen LogP contribution in [-0.2, 0) is 0 Å². The highest BCUT2D eigenvalue weighted by atomic mass is 16.3. The van der Waals surface area contributed by atoms with Gasteiger partial charge in [-0.15, -0.1) is 0 Å². The van der Waals surface area contributed by atoms with Crippen molar-refractivity contribution >= 4 is 5.91 Å². The molecule has 1 saturated heterocycles. The molecule has 0 radical (unpaired) electrons. The van der Waals surface area contributed by atoms with Crippen molar-refractivity contribution in [2.45, 2.75) is 33.6 Å². The van der Waals surface area contributed by atoms with Gasteiger partial charge in [-0.1, -0.05) is 13.8 Å². The number of hydrogen-bond acceptors (Lipinski definition) is 2. The first-order chi connectivity index (χ1) is 8.16. The fourth-order valence-electron chi connectivity index (χ4n) is 1.99. The van der Waals surface area contributed by atoms with Gasteiger partial charge >= 0.3 is 0 Å². The molecule has 0 aliphatic carbocycles. The lowest BCUT2D eigenvalue weighted by molar-refractivity contribution is 0.0792. The average molecular weight is 235 g/mol. The molecule has 3 heteroatoms. The number of aromatic hydroxyl groups is 1. The third-order valence-corrected chi connectivity index (χ3v) is 2.70. The van der Waals surface area contributed by atoms with Crippen LogP contribution in [0.3, 0.4) is 0 Å². The average Bonchev–Trinajstić information content (AvgIpc) is 2.83. The zero-order valence-electron chi connectivity index (χ0n) is 10.9. The summed E-state index contributed by atoms with van der Waals surface area (Å²) in [5.74, 6) is 0.198. The maximum Gasteiger partial charge on any atom is 0.253 e. The Labute approximate surface area is 103 Å². The number of amides is 1. The number of nitrogens with zero attached hydrogens (tertiary/aromatic N) is 1. The van der Waals surface area contributed by atoms with Gasteiger partial charge in [-0.3, -0.25) is 4.79 Å². The summed E-state index contributed by atoms with van der Waals surface area (Å²) in [6, 6.07) is 5.01. The molecule has 17 heavy (non-hydrogen) atoms. The predicted molar refractivity (Wildman–Crippen MR) is 69.3 cm³/mol. The molecule has 1 heterocycles. The summed E-state index contributed by atoms with van der Waals surface area (Å²) in [5, 5.41) is 9.41. The Balaban J connectivity index is 0.000000686. The van der Waals surface area contributed by atoms with Crippen molar-refractivity contribution in [1.29, 1.82) is 0 Å². The minimum atomic E-state index is 0.0338. The maximum absolute atomic E-state index is 12.0. The summed E-state index contributed by atoms with van der Waals surface area (Å²) in [6.07, 6.45) is 2.17. The highest BCUT2D eigenvalue weighted by Gasteiger charge is 2.19. The molecular formula is C14H21NO2. The smallest absolute Gasteiger partial charge is 0.253 e. The Kier molecular flexibility index (Phi) is 5.01. The van der Waals surface area contributed by atoms with Gasteiger partial charge in [-0.2, -0.15) is 0 Å². The van der Waals surface area contributed by atoms with Gasteiger partial charge in [0.25, 0.3) is 5.91 Å². The highest BCUT2D eigenvalue weighted by Crippen LogP contribution is 2.18. The monoisotopic (exact) mass is 235 g/mol. The van der Waals surface area contributed by atoms with Gasteiger partial charge in [-0.25, -0.2) is 0 Å². The molecule has 0 unspecified atom stereocenters. The van der Waals surface area contributed by atoms with Gasteiger partial charge in [0, 0.05) is 18.7 Å². The number of phenols is 1. The number of likely N-dealkylation sites (tertiary alicyclic amines) is 1. The van der Waals surface area contributed by atoms with Gasteiger partial charge in [0.15, 0.2) is 0 Å². The van der Waals surface area contributed by atoms with E-state index in [9.17, 15) is 9.90 Å². The molecule has 1 aromatic rings. The Hall–Kier alpha value is -1.51. The van der Waals surface area contributed by atoms with Crippen LogP contribution in [0.5, 0.6) is 5.75 Å². The van der Waals surface area contributed by atoms with Gasteiger partial charge in [0.2, 0.25) is 0 Å². The van der Waals surface area contributed by atoms with Crippen LogP contribution in [0.25, 0.3) is 0 Å². The molecule has 1 aliphatic heterocycles. The van der Waals surface area contributed by atoms with E-state index in [0.29, 0.717) is 5.56 Å². The number of aryl methyl sites for hydroxylation is 1. The van der Waals surface area contributed by atoms with E-state index >= 15 is 0 Å². The normalized spacial score (nSPS) is 14.2. The maximum atomic E-state index is 12.0. The van der Waals surface area contributed by atoms with E-state index in [-0.39, 0.29) is 11.7 Å². The minimum absolute atomic E-state index is 0.0338. The summed E-state index contributed by atoms with van der Waals surface area (Å²) in [4.78, 5) is 13.8. The van der Waals surface area contributed by atoms with Crippen molar-refractivity contribution in [2.24, 2.45) is 0 Å². The Morgan fingerprint density at radius 1 is 1.18 bits per heavy atom. The molecule has 1 fully saturated rings. The largest absolute Gasteiger partial charge is 0.508 e. The zero-order chi connectivity index (χ0) is 12.8. The van der Waals surface area contributed by atoms with Crippen molar-refractivity contribution in [2.75, 3.05) is 13.1 Å². The molecule has 1 aliphatic rings. The predicted octanol–water partition coefficient (Wildman–Crippen LogP) is 2.96. The molecule has 0 spiro atoms. The van der Waals surface area contributed by atoms with Gasteiger partial charge in [0.1, 0.15) is 5.75 Å². The van der Waals surface area contributed by atoms with Crippen LogP contribution in [0.2, 0.25) is 0 Å². The molecule has 94 valence electrons. The number of benzene rings is 1. The fraction of sp³-hybridized carbons (Fsp3) is 0.500. The van der Waals surface area contributed by atoms with E-state index in [1.807, 2.05) is 31.7 Å². The first kappa shape index (κ1) is 13.6. The third kappa shape index (κ3) is 3.48. The van der Waals surface area contributed by atoms with Crippen LogP contribution in [-0.4, -0.2) is 29.0 Å². The number of carbonyl (C=O) groups excluding carboxylic acids is 1. The van der Waals surface area contributed by atoms with E-state index in [1.165, 1.54) is 6.07 Å². The topological polar surface area (TPSA) is 40.5 Å². The molecular weight excluding hydrogens is 214 g/mol. The summed E-state index contributed by atoms with van der Waals surface area (Å²) < 4.78 is 0. The second kappa shape index (κ2) is 6.28. The number of phenolic OH excluding ortho intramolecular Hbond substituents is 1.